The predicted octanol–water partition coefficient (Wildman–Crippen LogP) is 1.40. The van der Waals surface area contributed by atoms with Crippen LogP contribution in [0.5, 0.6) is 0 Å². The average molecular weight is 195 g/mol. The molecule has 1 unspecified atom stereocenters. The molecule has 1 atom stereocenters. The van der Waals surface area contributed by atoms with Crippen molar-refractivity contribution in [1.29, 1.82) is 0 Å². The SMILES string of the molecule is NC(=O)CC(S)Cc1ccccc1. The highest BCUT2D eigenvalue weighted by atomic mass is 32.1. The molecule has 0 saturated carbocycles. The first-order chi connectivity index (χ1) is 6.18. The van der Waals surface area contributed by atoms with Gasteiger partial charge in [-0.05, 0) is 12.0 Å². The number of benzene rings is 1. The second-order valence-electron chi connectivity index (χ2n) is 3.01. The quantitative estimate of drug-likeness (QED) is 0.701. The van der Waals surface area contributed by atoms with Gasteiger partial charge >= 0.3 is 0 Å². The molecule has 1 rings (SSSR count). The summed E-state index contributed by atoms with van der Waals surface area (Å²) in [6.07, 6.45) is 1.12. The molecule has 2 nitrogen and oxygen atoms in total. The van der Waals surface area contributed by atoms with Gasteiger partial charge in [-0.3, -0.25) is 4.79 Å². The first-order valence-corrected chi connectivity index (χ1v) is 4.70. The summed E-state index contributed by atoms with van der Waals surface area (Å²) in [5.41, 5.74) is 6.24. The van der Waals surface area contributed by atoms with E-state index in [0.29, 0.717) is 6.42 Å². The van der Waals surface area contributed by atoms with Gasteiger partial charge in [-0.2, -0.15) is 12.6 Å². The smallest absolute Gasteiger partial charge is 0.218 e. The number of hydrogen-bond donors (Lipinski definition) is 2. The molecule has 0 aliphatic heterocycles. The van der Waals surface area contributed by atoms with E-state index in [9.17, 15) is 4.79 Å². The predicted molar refractivity (Wildman–Crippen MR) is 56.7 cm³/mol. The van der Waals surface area contributed by atoms with Crippen LogP contribution in [0.2, 0.25) is 0 Å². The van der Waals surface area contributed by atoms with Crippen LogP contribution >= 0.6 is 12.6 Å². The third-order valence-corrected chi connectivity index (χ3v) is 2.12. The van der Waals surface area contributed by atoms with Crippen LogP contribution in [0.4, 0.5) is 0 Å². The second kappa shape index (κ2) is 4.92. The molecule has 0 aliphatic carbocycles. The van der Waals surface area contributed by atoms with Crippen LogP contribution in [0.15, 0.2) is 30.3 Å². The highest BCUT2D eigenvalue weighted by Crippen LogP contribution is 2.10. The maximum Gasteiger partial charge on any atom is 0.218 e. The number of hydrogen-bond acceptors (Lipinski definition) is 2. The summed E-state index contributed by atoms with van der Waals surface area (Å²) < 4.78 is 0. The molecule has 1 aromatic carbocycles. The Labute approximate surface area is 83.5 Å². The van der Waals surface area contributed by atoms with Crippen molar-refractivity contribution in [3.8, 4) is 0 Å². The van der Waals surface area contributed by atoms with Gasteiger partial charge in [0.25, 0.3) is 0 Å². The Kier molecular flexibility index (Phi) is 3.83. The lowest BCUT2D eigenvalue weighted by Crippen LogP contribution is -2.17. The van der Waals surface area contributed by atoms with Crippen LogP contribution < -0.4 is 5.73 Å². The van der Waals surface area contributed by atoms with Crippen molar-refractivity contribution in [2.24, 2.45) is 5.73 Å². The average Bonchev–Trinajstić information content (AvgIpc) is 2.04. The third kappa shape index (κ3) is 3.99. The van der Waals surface area contributed by atoms with E-state index in [0.717, 1.165) is 6.42 Å². The fraction of sp³-hybridized carbons (Fsp3) is 0.300. The van der Waals surface area contributed by atoms with Gasteiger partial charge in [-0.15, -0.1) is 0 Å². The zero-order valence-corrected chi connectivity index (χ0v) is 8.21. The fourth-order valence-corrected chi connectivity index (χ4v) is 1.58. The van der Waals surface area contributed by atoms with Gasteiger partial charge in [-0.25, -0.2) is 0 Å². The lowest BCUT2D eigenvalue weighted by molar-refractivity contribution is -0.117. The second-order valence-corrected chi connectivity index (χ2v) is 3.74. The summed E-state index contributed by atoms with van der Waals surface area (Å²) in [4.78, 5) is 10.6. The number of carbonyl (C=O) groups is 1. The van der Waals surface area contributed by atoms with Gasteiger partial charge in [0.05, 0.1) is 0 Å². The Morgan fingerprint density at radius 1 is 1.38 bits per heavy atom. The molecule has 0 saturated heterocycles. The molecule has 0 radical (unpaired) electrons. The molecular formula is C10H13NOS. The van der Waals surface area contributed by atoms with E-state index in [2.05, 4.69) is 12.6 Å². The highest BCUT2D eigenvalue weighted by molar-refractivity contribution is 7.81. The van der Waals surface area contributed by atoms with Crippen LogP contribution in [0.25, 0.3) is 0 Å². The van der Waals surface area contributed by atoms with E-state index < -0.39 is 0 Å². The third-order valence-electron chi connectivity index (χ3n) is 1.75. The molecule has 2 N–H and O–H groups in total. The van der Waals surface area contributed by atoms with E-state index in [4.69, 9.17) is 5.73 Å². The van der Waals surface area contributed by atoms with E-state index in [1.807, 2.05) is 30.3 Å². The minimum atomic E-state index is -0.295. The number of nitrogens with two attached hydrogens (primary N) is 1. The molecule has 0 heterocycles. The van der Waals surface area contributed by atoms with Crippen LogP contribution in [-0.4, -0.2) is 11.2 Å². The molecule has 3 heteroatoms. The molecule has 0 fully saturated rings. The van der Waals surface area contributed by atoms with Crippen molar-refractivity contribution in [2.45, 2.75) is 18.1 Å². The topological polar surface area (TPSA) is 43.1 Å². The molecule has 1 amide bonds. The summed E-state index contributed by atoms with van der Waals surface area (Å²) in [5.74, 6) is -0.295. The Balaban J connectivity index is 2.45. The van der Waals surface area contributed by atoms with Gasteiger partial charge in [0, 0.05) is 11.7 Å². The maximum atomic E-state index is 10.6. The van der Waals surface area contributed by atoms with Crippen molar-refractivity contribution in [2.75, 3.05) is 0 Å². The first-order valence-electron chi connectivity index (χ1n) is 4.19. The molecule has 0 bridgehead atoms. The number of thiol groups is 1. The summed E-state index contributed by atoms with van der Waals surface area (Å²) in [5, 5.41) is 0.0277. The molecule has 0 aliphatic rings. The van der Waals surface area contributed by atoms with Crippen molar-refractivity contribution in [3.63, 3.8) is 0 Å². The molecule has 0 spiro atoms. The lowest BCUT2D eigenvalue weighted by Gasteiger charge is -2.07. The van der Waals surface area contributed by atoms with Crippen molar-refractivity contribution in [1.82, 2.24) is 0 Å². The summed E-state index contributed by atoms with van der Waals surface area (Å²) in [6, 6.07) is 9.94. The number of carbonyl (C=O) groups excluding carboxylic acids is 1. The summed E-state index contributed by atoms with van der Waals surface area (Å²) in [7, 11) is 0. The zero-order chi connectivity index (χ0) is 9.68. The number of rotatable bonds is 4. The van der Waals surface area contributed by atoms with Crippen molar-refractivity contribution < 1.29 is 4.79 Å². The van der Waals surface area contributed by atoms with Crippen LogP contribution in [0, 0.1) is 0 Å². The van der Waals surface area contributed by atoms with Gasteiger partial charge in [0.1, 0.15) is 0 Å². The molecule has 70 valence electrons. The van der Waals surface area contributed by atoms with Gasteiger partial charge in [-0.1, -0.05) is 30.3 Å². The molecule has 1 aromatic rings. The maximum absolute atomic E-state index is 10.6. The molecule has 13 heavy (non-hydrogen) atoms. The van der Waals surface area contributed by atoms with Gasteiger partial charge in [0.2, 0.25) is 5.91 Å². The van der Waals surface area contributed by atoms with Crippen LogP contribution in [0.3, 0.4) is 0 Å². The Hall–Kier alpha value is -0.960. The first kappa shape index (κ1) is 10.1. The number of primary amides is 1. The monoisotopic (exact) mass is 195 g/mol. The lowest BCUT2D eigenvalue weighted by atomic mass is 10.1. The Morgan fingerprint density at radius 3 is 2.54 bits per heavy atom. The van der Waals surface area contributed by atoms with Crippen molar-refractivity contribution in [3.05, 3.63) is 35.9 Å². The van der Waals surface area contributed by atoms with E-state index in [1.165, 1.54) is 5.56 Å². The summed E-state index contributed by atoms with van der Waals surface area (Å²) in [6.45, 7) is 0. The molecular weight excluding hydrogens is 182 g/mol. The van der Waals surface area contributed by atoms with Crippen LogP contribution in [-0.2, 0) is 11.2 Å². The van der Waals surface area contributed by atoms with Crippen LogP contribution in [0.1, 0.15) is 12.0 Å². The fourth-order valence-electron chi connectivity index (χ4n) is 1.19. The Bertz CT molecular complexity index is 274. The summed E-state index contributed by atoms with van der Waals surface area (Å²) >= 11 is 4.28. The van der Waals surface area contributed by atoms with Gasteiger partial charge < -0.3 is 5.73 Å². The van der Waals surface area contributed by atoms with E-state index in [1.54, 1.807) is 0 Å². The minimum absolute atomic E-state index is 0.0277. The minimum Gasteiger partial charge on any atom is -0.370 e. The Morgan fingerprint density at radius 2 is 2.00 bits per heavy atom. The van der Waals surface area contributed by atoms with Crippen molar-refractivity contribution >= 4 is 18.5 Å². The van der Waals surface area contributed by atoms with E-state index in [-0.39, 0.29) is 11.2 Å². The van der Waals surface area contributed by atoms with Gasteiger partial charge in [0.15, 0.2) is 0 Å². The van der Waals surface area contributed by atoms with E-state index >= 15 is 0 Å². The zero-order valence-electron chi connectivity index (χ0n) is 7.31. The largest absolute Gasteiger partial charge is 0.370 e. The molecule has 0 aromatic heterocycles. The normalized spacial score (nSPS) is 12.4. The number of amides is 1. The standard InChI is InChI=1S/C10H13NOS/c11-10(12)7-9(13)6-8-4-2-1-3-5-8/h1-5,9,13H,6-7H2,(H2,11,12). The highest BCUT2D eigenvalue weighted by Gasteiger charge is 2.07.